The zero-order valence-corrected chi connectivity index (χ0v) is 14.4. The van der Waals surface area contributed by atoms with E-state index in [1.807, 2.05) is 13.8 Å². The fraction of sp³-hybridized carbons (Fsp3) is 0.389. The van der Waals surface area contributed by atoms with Crippen LogP contribution in [0.3, 0.4) is 0 Å². The number of benzene rings is 1. The molecule has 24 heavy (non-hydrogen) atoms. The third-order valence-electron chi connectivity index (χ3n) is 4.37. The van der Waals surface area contributed by atoms with E-state index in [0.717, 1.165) is 11.3 Å². The van der Waals surface area contributed by atoms with Crippen molar-refractivity contribution in [2.45, 2.75) is 39.7 Å². The zero-order chi connectivity index (χ0) is 17.4. The van der Waals surface area contributed by atoms with E-state index in [1.54, 1.807) is 11.6 Å². The van der Waals surface area contributed by atoms with Crippen molar-refractivity contribution in [1.29, 1.82) is 0 Å². The van der Waals surface area contributed by atoms with Gasteiger partial charge in [-0.1, -0.05) is 36.8 Å². The molecule has 0 saturated heterocycles. The fourth-order valence-corrected chi connectivity index (χ4v) is 2.89. The van der Waals surface area contributed by atoms with E-state index in [-0.39, 0.29) is 24.1 Å². The zero-order valence-electron chi connectivity index (χ0n) is 14.4. The summed E-state index contributed by atoms with van der Waals surface area (Å²) in [6.45, 7) is 7.59. The van der Waals surface area contributed by atoms with Crippen LogP contribution >= 0.6 is 0 Å². The topological polar surface area (TPSA) is 83.8 Å². The van der Waals surface area contributed by atoms with Crippen molar-refractivity contribution in [2.24, 2.45) is 0 Å². The maximum absolute atomic E-state index is 12.4. The lowest BCUT2D eigenvalue weighted by Gasteiger charge is -2.11. The number of aromatic amines is 1. The number of hydrogen-bond acceptors (Lipinski definition) is 4. The molecule has 0 saturated carbocycles. The molecule has 2 heterocycles. The number of aliphatic hydroxyl groups is 1. The van der Waals surface area contributed by atoms with Crippen molar-refractivity contribution in [3.8, 4) is 0 Å². The van der Waals surface area contributed by atoms with Gasteiger partial charge in [-0.2, -0.15) is 5.10 Å². The van der Waals surface area contributed by atoms with E-state index in [9.17, 15) is 9.90 Å². The number of hydrogen-bond donors (Lipinski definition) is 2. The summed E-state index contributed by atoms with van der Waals surface area (Å²) in [5.41, 5.74) is 3.85. The minimum absolute atomic E-state index is 0.00561. The Balaban J connectivity index is 2.24. The van der Waals surface area contributed by atoms with Gasteiger partial charge in [0.05, 0.1) is 18.3 Å². The second-order valence-corrected chi connectivity index (χ2v) is 6.34. The van der Waals surface area contributed by atoms with Crippen LogP contribution in [-0.4, -0.2) is 31.5 Å². The van der Waals surface area contributed by atoms with Gasteiger partial charge in [0.2, 0.25) is 0 Å². The molecule has 0 spiro atoms. The van der Waals surface area contributed by atoms with Crippen LogP contribution in [0.25, 0.3) is 11.0 Å². The van der Waals surface area contributed by atoms with Crippen LogP contribution < -0.4 is 5.56 Å². The molecule has 0 aliphatic heterocycles. The summed E-state index contributed by atoms with van der Waals surface area (Å²) in [5.74, 6) is 0.551. The Kier molecular flexibility index (Phi) is 4.24. The minimum atomic E-state index is -0.294. The number of nitrogens with zero attached hydrogens (tertiary/aromatic N) is 3. The second-order valence-electron chi connectivity index (χ2n) is 6.34. The third kappa shape index (κ3) is 2.73. The number of fused-ring (bicyclic) bond motifs is 1. The summed E-state index contributed by atoms with van der Waals surface area (Å²) in [5, 5.41) is 14.1. The predicted octanol–water partition coefficient (Wildman–Crippen LogP) is 2.44. The van der Waals surface area contributed by atoms with E-state index < -0.39 is 0 Å². The molecule has 0 bridgehead atoms. The second kappa shape index (κ2) is 6.20. The molecule has 0 radical (unpaired) electrons. The summed E-state index contributed by atoms with van der Waals surface area (Å²) in [4.78, 5) is 19.7. The van der Waals surface area contributed by atoms with E-state index in [4.69, 9.17) is 0 Å². The Bertz CT molecular complexity index is 925. The van der Waals surface area contributed by atoms with Crippen LogP contribution in [0.2, 0.25) is 0 Å². The van der Waals surface area contributed by atoms with Crippen molar-refractivity contribution in [3.05, 3.63) is 57.3 Å². The van der Waals surface area contributed by atoms with Gasteiger partial charge in [0.25, 0.3) is 5.56 Å². The van der Waals surface area contributed by atoms with Gasteiger partial charge in [-0.05, 0) is 26.3 Å². The van der Waals surface area contributed by atoms with Gasteiger partial charge < -0.3 is 10.1 Å². The molecule has 6 heteroatoms. The van der Waals surface area contributed by atoms with Crippen LogP contribution in [0.5, 0.6) is 0 Å². The molecule has 126 valence electrons. The normalized spacial score (nSPS) is 14.0. The molecule has 2 atom stereocenters. The molecule has 0 fully saturated rings. The average molecular weight is 326 g/mol. The summed E-state index contributed by atoms with van der Waals surface area (Å²) in [6, 6.07) is 7.97. The highest BCUT2D eigenvalue weighted by molar-refractivity contribution is 5.78. The number of rotatable bonds is 4. The first-order valence-electron chi connectivity index (χ1n) is 8.08. The highest BCUT2D eigenvalue weighted by Crippen LogP contribution is 2.29. The Morgan fingerprint density at radius 1 is 1.21 bits per heavy atom. The van der Waals surface area contributed by atoms with Crippen LogP contribution in [0.1, 0.15) is 48.5 Å². The van der Waals surface area contributed by atoms with Crippen molar-refractivity contribution in [1.82, 2.24) is 19.7 Å². The summed E-state index contributed by atoms with van der Waals surface area (Å²) in [7, 11) is 0. The highest BCUT2D eigenvalue weighted by atomic mass is 16.3. The predicted molar refractivity (Wildman–Crippen MR) is 93.4 cm³/mol. The first-order valence-corrected chi connectivity index (χ1v) is 8.08. The highest BCUT2D eigenvalue weighted by Gasteiger charge is 2.23. The Hall–Kier alpha value is -2.47. The minimum Gasteiger partial charge on any atom is -0.394 e. The van der Waals surface area contributed by atoms with E-state index in [1.165, 1.54) is 5.56 Å². The molecule has 3 rings (SSSR count). The molecule has 0 unspecified atom stereocenters. The van der Waals surface area contributed by atoms with Crippen LogP contribution in [0, 0.1) is 13.8 Å². The molecular weight excluding hydrogens is 304 g/mol. The number of aryl methyl sites for hydroxylation is 2. The van der Waals surface area contributed by atoms with Crippen LogP contribution in [-0.2, 0) is 0 Å². The fourth-order valence-electron chi connectivity index (χ4n) is 2.89. The maximum atomic E-state index is 12.4. The lowest BCUT2D eigenvalue weighted by Crippen LogP contribution is -2.18. The van der Waals surface area contributed by atoms with Crippen molar-refractivity contribution >= 4 is 11.0 Å². The summed E-state index contributed by atoms with van der Waals surface area (Å²) < 4.78 is 1.58. The van der Waals surface area contributed by atoms with Gasteiger partial charge in [-0.15, -0.1) is 0 Å². The molecule has 0 aliphatic rings. The molecule has 1 aromatic carbocycles. The molecular formula is C18H22N4O2. The van der Waals surface area contributed by atoms with Gasteiger partial charge in [0, 0.05) is 5.92 Å². The number of aromatic nitrogens is 4. The van der Waals surface area contributed by atoms with Gasteiger partial charge >= 0.3 is 0 Å². The number of H-pyrrole nitrogens is 1. The van der Waals surface area contributed by atoms with E-state index in [0.29, 0.717) is 16.9 Å². The molecule has 3 aromatic rings. The van der Waals surface area contributed by atoms with Gasteiger partial charge in [-0.3, -0.25) is 9.48 Å². The molecule has 0 aliphatic carbocycles. The smallest absolute Gasteiger partial charge is 0.277 e. The first-order chi connectivity index (χ1) is 11.4. The van der Waals surface area contributed by atoms with Crippen molar-refractivity contribution < 1.29 is 5.11 Å². The summed E-state index contributed by atoms with van der Waals surface area (Å²) >= 11 is 0. The van der Waals surface area contributed by atoms with Gasteiger partial charge in [0.15, 0.2) is 5.52 Å². The standard InChI is InChI=1S/C18H22N4O2/c1-10-5-7-14(8-6-10)12(3)15-16-17(18(24)20-13(4)19-16)22(21-15)11(2)9-23/h5-8,11-12,23H,9H2,1-4H3,(H,19,20,24)/t11-,12-/m1/s1. The Labute approximate surface area is 140 Å². The summed E-state index contributed by atoms with van der Waals surface area (Å²) in [6.07, 6.45) is 0. The number of nitrogens with one attached hydrogen (secondary N) is 1. The van der Waals surface area contributed by atoms with Gasteiger partial charge in [0.1, 0.15) is 11.3 Å². The van der Waals surface area contributed by atoms with Gasteiger partial charge in [-0.25, -0.2) is 4.98 Å². The molecule has 2 aromatic heterocycles. The Morgan fingerprint density at radius 3 is 2.50 bits per heavy atom. The lowest BCUT2D eigenvalue weighted by molar-refractivity contribution is 0.232. The quantitative estimate of drug-likeness (QED) is 0.771. The van der Waals surface area contributed by atoms with Crippen molar-refractivity contribution in [3.63, 3.8) is 0 Å². The molecule has 2 N–H and O–H groups in total. The SMILES string of the molecule is Cc1ccc([C@@H](C)c2nn([C@H](C)CO)c3c(=O)[nH]c(C)nc23)cc1. The third-order valence-corrected chi connectivity index (χ3v) is 4.37. The number of aliphatic hydroxyl groups excluding tert-OH is 1. The molecule has 6 nitrogen and oxygen atoms in total. The monoisotopic (exact) mass is 326 g/mol. The first kappa shape index (κ1) is 16.4. The van der Waals surface area contributed by atoms with Crippen LogP contribution in [0.4, 0.5) is 0 Å². The van der Waals surface area contributed by atoms with Crippen LogP contribution in [0.15, 0.2) is 29.1 Å². The largest absolute Gasteiger partial charge is 0.394 e. The average Bonchev–Trinajstić information content (AvgIpc) is 2.93. The maximum Gasteiger partial charge on any atom is 0.277 e. The lowest BCUT2D eigenvalue weighted by atomic mass is 9.96. The van der Waals surface area contributed by atoms with E-state index >= 15 is 0 Å². The Morgan fingerprint density at radius 2 is 1.88 bits per heavy atom. The van der Waals surface area contributed by atoms with Crippen molar-refractivity contribution in [2.75, 3.05) is 6.61 Å². The van der Waals surface area contributed by atoms with E-state index in [2.05, 4.69) is 46.3 Å². The molecule has 0 amide bonds.